The summed E-state index contributed by atoms with van der Waals surface area (Å²) in [5.41, 5.74) is -0.0328. The molecule has 0 fully saturated rings. The molecule has 47 heavy (non-hydrogen) atoms. The van der Waals surface area contributed by atoms with Crippen molar-refractivity contribution in [3.63, 3.8) is 0 Å². The minimum Gasteiger partial charge on any atom is -0.431 e. The van der Waals surface area contributed by atoms with Gasteiger partial charge in [-0.15, -0.1) is 0 Å². The van der Waals surface area contributed by atoms with E-state index in [0.717, 1.165) is 25.7 Å². The first-order valence-electron chi connectivity index (χ1n) is 20.2. The number of unbranched alkanes of at least 4 members (excludes halogenated alkanes) is 27. The molecule has 0 N–H and O–H groups in total. The molecule has 272 valence electrons. The first kappa shape index (κ1) is 42.9. The third-order valence-corrected chi connectivity index (χ3v) is 9.52. The summed E-state index contributed by atoms with van der Waals surface area (Å²) in [6.07, 6.45) is 39.4. The predicted octanol–water partition coefficient (Wildman–Crippen LogP) is 14.6. The molecule has 0 aliphatic rings. The highest BCUT2D eigenvalue weighted by Gasteiger charge is 2.17. The Labute approximate surface area is 289 Å². The second-order valence-corrected chi connectivity index (χ2v) is 14.0. The first-order valence-corrected chi connectivity index (χ1v) is 20.2. The Morgan fingerprint density at radius 2 is 0.830 bits per heavy atom. The molecule has 0 bridgehead atoms. The number of rotatable bonds is 34. The highest BCUT2D eigenvalue weighted by atomic mass is 16.7. The number of nitro benzene ring substituents is 1. The van der Waals surface area contributed by atoms with Gasteiger partial charge in [0.15, 0.2) is 0 Å². The zero-order valence-electron chi connectivity index (χ0n) is 30.8. The fraction of sp³-hybridized carbons (Fsp3) is 0.829. The number of ether oxygens (including phenoxy) is 2. The number of nitro groups is 1. The van der Waals surface area contributed by atoms with Crippen LogP contribution < -0.4 is 4.74 Å². The summed E-state index contributed by atoms with van der Waals surface area (Å²) in [5, 5.41) is 10.9. The molecule has 6 heteroatoms. The van der Waals surface area contributed by atoms with Crippen molar-refractivity contribution in [1.82, 2.24) is 0 Å². The summed E-state index contributed by atoms with van der Waals surface area (Å²) in [4.78, 5) is 23.0. The van der Waals surface area contributed by atoms with E-state index in [1.54, 1.807) is 0 Å². The van der Waals surface area contributed by atoms with E-state index in [9.17, 15) is 14.9 Å². The van der Waals surface area contributed by atoms with E-state index >= 15 is 0 Å². The van der Waals surface area contributed by atoms with Crippen LogP contribution in [0.1, 0.15) is 213 Å². The SMILES string of the molecule is CCCCCCCCCCCCCCCCCC(CCCCCCCCCCCCCCCC)OC(=O)Oc1ccc([N+](=O)[O-])cc1. The van der Waals surface area contributed by atoms with Crippen LogP contribution in [0, 0.1) is 10.1 Å². The van der Waals surface area contributed by atoms with Crippen LogP contribution in [0.2, 0.25) is 0 Å². The maximum Gasteiger partial charge on any atom is 0.514 e. The Kier molecular flexibility index (Phi) is 29.6. The summed E-state index contributed by atoms with van der Waals surface area (Å²) in [6.45, 7) is 4.55. The predicted molar refractivity (Wildman–Crippen MR) is 198 cm³/mol. The molecule has 0 aliphatic heterocycles. The minimum absolute atomic E-state index is 0.0328. The lowest BCUT2D eigenvalue weighted by molar-refractivity contribution is -0.384. The van der Waals surface area contributed by atoms with Crippen LogP contribution >= 0.6 is 0 Å². The van der Waals surface area contributed by atoms with Gasteiger partial charge in [0.25, 0.3) is 5.69 Å². The van der Waals surface area contributed by atoms with Gasteiger partial charge < -0.3 is 9.47 Å². The number of non-ortho nitro benzene ring substituents is 1. The van der Waals surface area contributed by atoms with Crippen molar-refractivity contribution in [3.8, 4) is 5.75 Å². The average Bonchev–Trinajstić information content (AvgIpc) is 3.06. The van der Waals surface area contributed by atoms with Crippen molar-refractivity contribution in [3.05, 3.63) is 34.4 Å². The Bertz CT molecular complexity index is 843. The summed E-state index contributed by atoms with van der Waals surface area (Å²) in [7, 11) is 0. The van der Waals surface area contributed by atoms with Crippen molar-refractivity contribution in [2.75, 3.05) is 0 Å². The molecule has 0 saturated carbocycles. The summed E-state index contributed by atoms with van der Waals surface area (Å²) in [6, 6.07) is 5.56. The third-order valence-electron chi connectivity index (χ3n) is 9.52. The van der Waals surface area contributed by atoms with E-state index < -0.39 is 11.1 Å². The number of hydrogen-bond donors (Lipinski definition) is 0. The number of nitrogens with zero attached hydrogens (tertiary/aromatic N) is 1. The molecule has 1 atom stereocenters. The van der Waals surface area contributed by atoms with Crippen LogP contribution in [0.5, 0.6) is 5.75 Å². The molecule has 1 aromatic carbocycles. The van der Waals surface area contributed by atoms with Crippen LogP contribution in [0.25, 0.3) is 0 Å². The highest BCUT2D eigenvalue weighted by Crippen LogP contribution is 2.21. The Morgan fingerprint density at radius 1 is 0.532 bits per heavy atom. The fourth-order valence-corrected chi connectivity index (χ4v) is 6.46. The lowest BCUT2D eigenvalue weighted by Crippen LogP contribution is -2.21. The quantitative estimate of drug-likeness (QED) is 0.0242. The summed E-state index contributed by atoms with van der Waals surface area (Å²) < 4.78 is 11.1. The number of benzene rings is 1. The second kappa shape index (κ2) is 32.4. The van der Waals surface area contributed by atoms with Crippen molar-refractivity contribution in [2.24, 2.45) is 0 Å². The molecule has 0 aromatic heterocycles. The maximum absolute atomic E-state index is 12.6. The molecular formula is C41H73NO5. The highest BCUT2D eigenvalue weighted by molar-refractivity contribution is 5.64. The van der Waals surface area contributed by atoms with Gasteiger partial charge in [0.2, 0.25) is 0 Å². The van der Waals surface area contributed by atoms with Gasteiger partial charge in [-0.1, -0.05) is 187 Å². The summed E-state index contributed by atoms with van der Waals surface area (Å²) in [5.74, 6) is 0.266. The zero-order valence-corrected chi connectivity index (χ0v) is 30.8. The average molecular weight is 660 g/mol. The standard InChI is InChI=1S/C41H73NO5/c1-3-5-7-9-11-13-15-17-19-21-23-25-27-29-31-33-39(46-41(43)47-40-36-34-38(35-37-40)42(44)45)32-30-28-26-24-22-20-18-16-14-12-10-8-6-4-2/h34-37,39H,3-33H2,1-2H3. The molecule has 1 unspecified atom stereocenters. The van der Waals surface area contributed by atoms with Gasteiger partial charge in [0.05, 0.1) is 4.92 Å². The lowest BCUT2D eigenvalue weighted by Gasteiger charge is -2.18. The zero-order chi connectivity index (χ0) is 34.0. The van der Waals surface area contributed by atoms with Crippen molar-refractivity contribution in [1.29, 1.82) is 0 Å². The Morgan fingerprint density at radius 3 is 1.13 bits per heavy atom. The van der Waals surface area contributed by atoms with Crippen LogP contribution in [0.4, 0.5) is 10.5 Å². The molecule has 0 heterocycles. The van der Waals surface area contributed by atoms with E-state index in [2.05, 4.69) is 13.8 Å². The van der Waals surface area contributed by atoms with Crippen LogP contribution in [0.15, 0.2) is 24.3 Å². The number of carbonyl (C=O) groups is 1. The van der Waals surface area contributed by atoms with E-state index in [1.807, 2.05) is 0 Å². The normalized spacial score (nSPS) is 11.9. The topological polar surface area (TPSA) is 78.7 Å². The van der Waals surface area contributed by atoms with E-state index in [0.29, 0.717) is 0 Å². The minimum atomic E-state index is -0.713. The Balaban J connectivity index is 2.22. The first-order chi connectivity index (χ1) is 23.1. The number of carbonyl (C=O) groups excluding carboxylic acids is 1. The van der Waals surface area contributed by atoms with Gasteiger partial charge in [-0.3, -0.25) is 10.1 Å². The van der Waals surface area contributed by atoms with Crippen LogP contribution in [0.3, 0.4) is 0 Å². The van der Waals surface area contributed by atoms with Crippen LogP contribution in [-0.4, -0.2) is 17.2 Å². The molecule has 0 radical (unpaired) electrons. The smallest absolute Gasteiger partial charge is 0.431 e. The van der Waals surface area contributed by atoms with Gasteiger partial charge in [-0.05, 0) is 37.8 Å². The second-order valence-electron chi connectivity index (χ2n) is 14.0. The molecule has 0 spiro atoms. The van der Waals surface area contributed by atoms with Crippen molar-refractivity contribution in [2.45, 2.75) is 219 Å². The van der Waals surface area contributed by atoms with E-state index in [-0.39, 0.29) is 17.5 Å². The fourth-order valence-electron chi connectivity index (χ4n) is 6.46. The third kappa shape index (κ3) is 27.5. The van der Waals surface area contributed by atoms with Gasteiger partial charge in [0, 0.05) is 12.1 Å². The van der Waals surface area contributed by atoms with E-state index in [4.69, 9.17) is 9.47 Å². The van der Waals surface area contributed by atoms with Gasteiger partial charge >= 0.3 is 6.16 Å². The van der Waals surface area contributed by atoms with Gasteiger partial charge in [-0.2, -0.15) is 0 Å². The van der Waals surface area contributed by atoms with Crippen molar-refractivity contribution < 1.29 is 19.2 Å². The molecule has 0 aliphatic carbocycles. The molecule has 0 saturated heterocycles. The summed E-state index contributed by atoms with van der Waals surface area (Å²) >= 11 is 0. The molecule has 1 aromatic rings. The van der Waals surface area contributed by atoms with Crippen LogP contribution in [-0.2, 0) is 4.74 Å². The van der Waals surface area contributed by atoms with Crippen molar-refractivity contribution >= 4 is 11.8 Å². The largest absolute Gasteiger partial charge is 0.514 e. The number of hydrogen-bond acceptors (Lipinski definition) is 5. The maximum atomic E-state index is 12.6. The molecule has 0 amide bonds. The molecular weight excluding hydrogens is 586 g/mol. The monoisotopic (exact) mass is 660 g/mol. The lowest BCUT2D eigenvalue weighted by atomic mass is 10.0. The van der Waals surface area contributed by atoms with Gasteiger partial charge in [-0.25, -0.2) is 4.79 Å². The molecule has 6 nitrogen and oxygen atoms in total. The molecule has 1 rings (SSSR count). The van der Waals surface area contributed by atoms with E-state index in [1.165, 1.54) is 198 Å². The Hall–Kier alpha value is -2.11. The van der Waals surface area contributed by atoms with Gasteiger partial charge in [0.1, 0.15) is 11.9 Å².